The Morgan fingerprint density at radius 2 is 1.86 bits per heavy atom. The molecule has 1 aromatic rings. The molecular formula is C10H13F3N3O4S+. The largest absolute Gasteiger partial charge is 0.474 e. The number of hydrogen-bond acceptors (Lipinski definition) is 5. The average molecular weight is 328 g/mol. The fourth-order valence-electron chi connectivity index (χ4n) is 1.20. The normalized spacial score (nSPS) is 11.9. The molecule has 0 aliphatic heterocycles. The molecule has 1 rings (SSSR count). The van der Waals surface area contributed by atoms with Crippen LogP contribution in [0.15, 0.2) is 24.5 Å². The van der Waals surface area contributed by atoms with Crippen LogP contribution >= 0.6 is 0 Å². The predicted octanol–water partition coefficient (Wildman–Crippen LogP) is 0.421. The lowest BCUT2D eigenvalue weighted by molar-refractivity contribution is -0.512. The van der Waals surface area contributed by atoms with Gasteiger partial charge in [0, 0.05) is 31.9 Å². The van der Waals surface area contributed by atoms with Crippen molar-refractivity contribution in [3.63, 3.8) is 0 Å². The van der Waals surface area contributed by atoms with Crippen molar-refractivity contribution in [3.05, 3.63) is 24.5 Å². The molecular weight excluding hydrogens is 315 g/mol. The van der Waals surface area contributed by atoms with E-state index in [0.29, 0.717) is 9.66 Å². The second-order valence-corrected chi connectivity index (χ2v) is 5.65. The van der Waals surface area contributed by atoms with Crippen molar-refractivity contribution in [3.8, 4) is 0 Å². The average Bonchev–Trinajstić information content (AvgIpc) is 2.35. The molecule has 1 N–H and O–H groups in total. The second-order valence-electron chi connectivity index (χ2n) is 4.08. The Labute approximate surface area is 119 Å². The van der Waals surface area contributed by atoms with Crippen molar-refractivity contribution in [1.29, 1.82) is 0 Å². The van der Waals surface area contributed by atoms with Gasteiger partial charge in [0.2, 0.25) is 0 Å². The number of ether oxygens (including phenoxy) is 1. The van der Waals surface area contributed by atoms with Crippen LogP contribution in [0.3, 0.4) is 0 Å². The molecule has 0 atom stereocenters. The third kappa shape index (κ3) is 5.45. The van der Waals surface area contributed by atoms with Crippen molar-refractivity contribution in [1.82, 2.24) is 4.72 Å². The van der Waals surface area contributed by atoms with Crippen molar-refractivity contribution in [2.75, 3.05) is 25.6 Å². The van der Waals surface area contributed by atoms with Gasteiger partial charge in [0.15, 0.2) is 19.0 Å². The van der Waals surface area contributed by atoms with E-state index in [9.17, 15) is 26.4 Å². The van der Waals surface area contributed by atoms with Crippen molar-refractivity contribution >= 4 is 22.0 Å². The van der Waals surface area contributed by atoms with E-state index in [2.05, 4.69) is 4.74 Å². The standard InChI is InChI=1S/C10H12F3N3O4S/c1-15(2)8-3-5-16(6-4-8)21(18,19)14-9(17)20-7-10(11,12)13/h3-6H,7H2,1-2H3/p+1. The number of halogens is 3. The van der Waals surface area contributed by atoms with Gasteiger partial charge in [0.05, 0.1) is 0 Å². The van der Waals surface area contributed by atoms with Crippen LogP contribution < -0.4 is 13.6 Å². The minimum atomic E-state index is -4.73. The van der Waals surface area contributed by atoms with Gasteiger partial charge in [0.1, 0.15) is 0 Å². The van der Waals surface area contributed by atoms with Crippen LogP contribution in [0.5, 0.6) is 0 Å². The van der Waals surface area contributed by atoms with Gasteiger partial charge < -0.3 is 9.64 Å². The van der Waals surface area contributed by atoms with Crippen LogP contribution in [0.4, 0.5) is 23.7 Å². The Kier molecular flexibility index (Phi) is 4.99. The molecule has 1 heterocycles. The number of nitrogens with zero attached hydrogens (tertiary/aromatic N) is 2. The van der Waals surface area contributed by atoms with Gasteiger partial charge in [-0.3, -0.25) is 0 Å². The molecule has 118 valence electrons. The quantitative estimate of drug-likeness (QED) is 0.811. The van der Waals surface area contributed by atoms with Crippen molar-refractivity contribution in [2.45, 2.75) is 6.18 Å². The Morgan fingerprint density at radius 1 is 1.33 bits per heavy atom. The molecule has 1 amide bonds. The number of carbonyl (C=O) groups excluding carboxylic acids is 1. The fourth-order valence-corrected chi connectivity index (χ4v) is 2.02. The van der Waals surface area contributed by atoms with E-state index in [1.807, 2.05) is 0 Å². The minimum absolute atomic E-state index is 0.634. The number of nitrogens with one attached hydrogen (secondary N) is 1. The molecule has 0 aliphatic rings. The van der Waals surface area contributed by atoms with E-state index in [4.69, 9.17) is 0 Å². The number of amides is 1. The molecule has 11 heteroatoms. The van der Waals surface area contributed by atoms with E-state index < -0.39 is 29.1 Å². The third-order valence-electron chi connectivity index (χ3n) is 2.16. The Bertz CT molecular complexity index is 599. The number of rotatable bonds is 4. The van der Waals surface area contributed by atoms with Crippen LogP contribution in [0.1, 0.15) is 0 Å². The molecule has 0 saturated heterocycles. The molecule has 0 spiro atoms. The summed E-state index contributed by atoms with van der Waals surface area (Å²) < 4.78 is 64.6. The number of pyridine rings is 1. The maximum absolute atomic E-state index is 11.8. The molecule has 1 aromatic heterocycles. The summed E-state index contributed by atoms with van der Waals surface area (Å²) in [4.78, 5) is 12.7. The van der Waals surface area contributed by atoms with Gasteiger partial charge in [-0.1, -0.05) is 3.97 Å². The van der Waals surface area contributed by atoms with Gasteiger partial charge in [0.25, 0.3) is 0 Å². The molecule has 21 heavy (non-hydrogen) atoms. The summed E-state index contributed by atoms with van der Waals surface area (Å²) in [6, 6.07) is 2.89. The zero-order chi connectivity index (χ0) is 16.3. The Hall–Kier alpha value is -2.04. The summed E-state index contributed by atoms with van der Waals surface area (Å²) in [5.41, 5.74) is 0.695. The van der Waals surface area contributed by atoms with Gasteiger partial charge in [-0.2, -0.15) is 17.9 Å². The molecule has 0 bridgehead atoms. The first-order valence-corrected chi connectivity index (χ1v) is 6.91. The molecule has 0 aromatic carbocycles. The van der Waals surface area contributed by atoms with Gasteiger partial charge in [-0.05, 0) is 0 Å². The SMILES string of the molecule is CN(C)c1cc[n+](S(=O)(=O)NC(=O)OCC(F)(F)F)cc1. The molecule has 0 saturated carbocycles. The van der Waals surface area contributed by atoms with Crippen LogP contribution in [0.25, 0.3) is 0 Å². The number of hydrogen-bond donors (Lipinski definition) is 1. The number of alkyl halides is 3. The number of anilines is 1. The highest BCUT2D eigenvalue weighted by Gasteiger charge is 2.32. The summed E-state index contributed by atoms with van der Waals surface area (Å²) in [7, 11) is -0.889. The predicted molar refractivity (Wildman–Crippen MR) is 65.8 cm³/mol. The summed E-state index contributed by atoms with van der Waals surface area (Å²) in [5.74, 6) is 0. The van der Waals surface area contributed by atoms with Gasteiger partial charge >= 0.3 is 22.5 Å². The topological polar surface area (TPSA) is 79.6 Å². The lowest BCUT2D eigenvalue weighted by Crippen LogP contribution is -2.52. The summed E-state index contributed by atoms with van der Waals surface area (Å²) in [6.45, 7) is -1.88. The first-order valence-electron chi connectivity index (χ1n) is 5.47. The maximum Gasteiger partial charge on any atom is 0.474 e. The van der Waals surface area contributed by atoms with E-state index in [1.165, 1.54) is 16.9 Å². The monoisotopic (exact) mass is 328 g/mol. The smallest absolute Gasteiger partial charge is 0.439 e. The van der Waals surface area contributed by atoms with Crippen LogP contribution in [-0.2, 0) is 14.9 Å². The van der Waals surface area contributed by atoms with Crippen LogP contribution in [0.2, 0.25) is 0 Å². The maximum atomic E-state index is 11.8. The highest BCUT2D eigenvalue weighted by molar-refractivity contribution is 7.83. The van der Waals surface area contributed by atoms with Gasteiger partial charge in [-0.25, -0.2) is 4.79 Å². The summed E-state index contributed by atoms with van der Waals surface area (Å²) in [6.07, 6.45) is -4.18. The number of aromatic nitrogens is 1. The number of carbonyl (C=O) groups is 1. The summed E-state index contributed by atoms with van der Waals surface area (Å²) in [5, 5.41) is 0. The zero-order valence-electron chi connectivity index (χ0n) is 11.1. The first kappa shape index (κ1) is 17.0. The second kappa shape index (κ2) is 6.16. The highest BCUT2D eigenvalue weighted by atomic mass is 32.2. The fraction of sp³-hybridized carbons (Fsp3) is 0.400. The van der Waals surface area contributed by atoms with Crippen LogP contribution in [0, 0.1) is 0 Å². The van der Waals surface area contributed by atoms with Crippen molar-refractivity contribution in [2.24, 2.45) is 0 Å². The van der Waals surface area contributed by atoms with Crippen molar-refractivity contribution < 1.29 is 35.1 Å². The lowest BCUT2D eigenvalue weighted by Gasteiger charge is -2.10. The van der Waals surface area contributed by atoms with E-state index >= 15 is 0 Å². The first-order chi connectivity index (χ1) is 9.51. The van der Waals surface area contributed by atoms with E-state index in [1.54, 1.807) is 19.0 Å². The zero-order valence-corrected chi connectivity index (χ0v) is 11.9. The third-order valence-corrected chi connectivity index (χ3v) is 3.38. The van der Waals surface area contributed by atoms with E-state index in [-0.39, 0.29) is 0 Å². The molecule has 0 aliphatic carbocycles. The highest BCUT2D eigenvalue weighted by Crippen LogP contribution is 2.14. The van der Waals surface area contributed by atoms with Gasteiger partial charge in [-0.15, -0.1) is 8.42 Å². The minimum Gasteiger partial charge on any atom is -0.439 e. The Balaban J connectivity index is 2.75. The molecule has 0 radical (unpaired) electrons. The summed E-state index contributed by atoms with van der Waals surface area (Å²) >= 11 is 0. The lowest BCUT2D eigenvalue weighted by atomic mass is 10.4. The Morgan fingerprint density at radius 3 is 2.29 bits per heavy atom. The van der Waals surface area contributed by atoms with E-state index in [0.717, 1.165) is 12.4 Å². The molecule has 7 nitrogen and oxygen atoms in total. The molecule has 0 fully saturated rings. The van der Waals surface area contributed by atoms with Crippen LogP contribution in [-0.4, -0.2) is 41.4 Å². The molecule has 0 unspecified atom stereocenters.